The minimum atomic E-state index is -0.220. The number of rotatable bonds is 2. The van der Waals surface area contributed by atoms with E-state index in [0.29, 0.717) is 6.04 Å². The molecule has 0 radical (unpaired) electrons. The monoisotopic (exact) mass is 652 g/mol. The largest absolute Gasteiger partial charge is 0.379 e. The highest BCUT2D eigenvalue weighted by molar-refractivity contribution is 5.80. The quantitative estimate of drug-likeness (QED) is 0.225. The summed E-state index contributed by atoms with van der Waals surface area (Å²) in [7, 11) is 0. The fraction of sp³-hybridized carbons (Fsp3) is 0.909. The summed E-state index contributed by atoms with van der Waals surface area (Å²) in [5.74, 6) is 0.750. The number of aromatic amines is 1. The molecular formula is C33H69N11O2. The van der Waals surface area contributed by atoms with Crippen molar-refractivity contribution in [3.8, 4) is 0 Å². The molecule has 10 N–H and O–H groups in total. The van der Waals surface area contributed by atoms with E-state index in [1.165, 1.54) is 103 Å². The van der Waals surface area contributed by atoms with Gasteiger partial charge in [0.15, 0.2) is 0 Å². The van der Waals surface area contributed by atoms with Crippen molar-refractivity contribution >= 4 is 5.91 Å². The molecule has 0 bridgehead atoms. The molecule has 0 aliphatic carbocycles. The van der Waals surface area contributed by atoms with Crippen LogP contribution in [0.25, 0.3) is 0 Å². The van der Waals surface area contributed by atoms with Crippen molar-refractivity contribution < 1.29 is 9.53 Å². The Hall–Kier alpha value is -1.71. The second-order valence-electron chi connectivity index (χ2n) is 12.8. The second kappa shape index (κ2) is 28.3. The number of amides is 1. The lowest BCUT2D eigenvalue weighted by Gasteiger charge is -2.22. The minimum Gasteiger partial charge on any atom is -0.379 e. The van der Waals surface area contributed by atoms with Crippen LogP contribution in [-0.2, 0) is 9.53 Å². The molecule has 13 heteroatoms. The van der Waals surface area contributed by atoms with Crippen LogP contribution in [0, 0.1) is 0 Å². The molecule has 7 aliphatic rings. The average Bonchev–Trinajstić information content (AvgIpc) is 3.93. The molecule has 268 valence electrons. The van der Waals surface area contributed by atoms with Crippen LogP contribution in [0.2, 0.25) is 0 Å². The van der Waals surface area contributed by atoms with Crippen LogP contribution < -0.4 is 43.0 Å². The zero-order valence-corrected chi connectivity index (χ0v) is 29.1. The molecule has 46 heavy (non-hydrogen) atoms. The molecule has 7 aliphatic heterocycles. The standard InChI is InChI=1S/C6H10N4.C5H10N2O.2C5H11N.C4H9NO.2C4H9N/c1-2-5(7-3-1)6-8-4-9-10-6;6-5(8)4-2-1-3-7-4;1-5-3-2-4-6-5;1-2-4-6-5-3-1;1-3-6-4-2-5-1;1-4-2-3-5-4;1-2-4-5-3-1/h4-5,7H,1-3H2,(H,8,9,10);4,7H,1-3H2,(H2,6,8);5-6H,2-4H2,1H3;6H,1-5H2;5H,1-4H2;4-5H,2-3H2,1H3;5H,1-4H2/t5-;4-;5-;;;4-;/m001..1./s1. The van der Waals surface area contributed by atoms with E-state index in [-0.39, 0.29) is 11.9 Å². The fourth-order valence-corrected chi connectivity index (χ4v) is 5.46. The molecule has 7 fully saturated rings. The van der Waals surface area contributed by atoms with E-state index in [0.717, 1.165) is 70.1 Å². The van der Waals surface area contributed by atoms with Crippen LogP contribution >= 0.6 is 0 Å². The van der Waals surface area contributed by atoms with Gasteiger partial charge in [0.2, 0.25) is 5.91 Å². The first kappa shape index (κ1) is 40.5. The number of ether oxygens (including phenoxy) is 1. The van der Waals surface area contributed by atoms with E-state index >= 15 is 0 Å². The number of nitrogens with zero attached hydrogens (tertiary/aromatic N) is 2. The minimum absolute atomic E-state index is 0.0463. The second-order valence-corrected chi connectivity index (χ2v) is 12.8. The first-order valence-corrected chi connectivity index (χ1v) is 18.3. The topological polar surface area (TPSA) is 178 Å². The third-order valence-corrected chi connectivity index (χ3v) is 8.62. The summed E-state index contributed by atoms with van der Waals surface area (Å²) in [4.78, 5) is 14.4. The molecule has 4 atom stereocenters. The van der Waals surface area contributed by atoms with Crippen LogP contribution in [0.3, 0.4) is 0 Å². The molecule has 1 amide bonds. The summed E-state index contributed by atoms with van der Waals surface area (Å²) in [6, 6.07) is 1.98. The summed E-state index contributed by atoms with van der Waals surface area (Å²) in [6.45, 7) is 17.8. The molecule has 0 aromatic carbocycles. The number of nitrogens with two attached hydrogens (primary N) is 1. The van der Waals surface area contributed by atoms with Crippen molar-refractivity contribution in [1.82, 2.24) is 52.4 Å². The van der Waals surface area contributed by atoms with Gasteiger partial charge in [-0.1, -0.05) is 6.42 Å². The number of primary amides is 1. The van der Waals surface area contributed by atoms with Gasteiger partial charge in [0.05, 0.1) is 25.3 Å². The van der Waals surface area contributed by atoms with Gasteiger partial charge in [0.25, 0.3) is 0 Å². The molecule has 0 saturated carbocycles. The van der Waals surface area contributed by atoms with Crippen molar-refractivity contribution in [2.75, 3.05) is 78.7 Å². The third kappa shape index (κ3) is 22.0. The molecule has 13 nitrogen and oxygen atoms in total. The first-order valence-electron chi connectivity index (χ1n) is 18.3. The molecule has 0 unspecified atom stereocenters. The maximum absolute atomic E-state index is 10.4. The van der Waals surface area contributed by atoms with Crippen LogP contribution in [-0.4, -0.2) is 118 Å². The number of H-pyrrole nitrogens is 1. The number of hydrogen-bond donors (Lipinski definition) is 9. The number of hydrogen-bond acceptors (Lipinski definition) is 11. The van der Waals surface area contributed by atoms with Gasteiger partial charge in [-0.25, -0.2) is 4.98 Å². The predicted octanol–water partition coefficient (Wildman–Crippen LogP) is 1.32. The van der Waals surface area contributed by atoms with Crippen LogP contribution in [0.15, 0.2) is 6.33 Å². The number of nitrogens with one attached hydrogen (secondary N) is 8. The third-order valence-electron chi connectivity index (χ3n) is 8.62. The van der Waals surface area contributed by atoms with Crippen LogP contribution in [0.5, 0.6) is 0 Å². The maximum atomic E-state index is 10.4. The average molecular weight is 652 g/mol. The van der Waals surface area contributed by atoms with Crippen molar-refractivity contribution in [3.05, 3.63) is 12.2 Å². The van der Waals surface area contributed by atoms with Crippen molar-refractivity contribution in [1.29, 1.82) is 0 Å². The Balaban J connectivity index is 0.000000190. The van der Waals surface area contributed by atoms with E-state index in [9.17, 15) is 4.79 Å². The first-order chi connectivity index (χ1) is 22.6. The zero-order valence-electron chi connectivity index (χ0n) is 29.1. The highest BCUT2D eigenvalue weighted by Gasteiger charge is 2.18. The van der Waals surface area contributed by atoms with Gasteiger partial charge in [0, 0.05) is 25.2 Å². The smallest absolute Gasteiger partial charge is 0.234 e. The summed E-state index contributed by atoms with van der Waals surface area (Å²) < 4.78 is 5.01. The highest BCUT2D eigenvalue weighted by atomic mass is 16.5. The zero-order chi connectivity index (χ0) is 32.9. The van der Waals surface area contributed by atoms with E-state index in [1.807, 2.05) is 0 Å². The van der Waals surface area contributed by atoms with E-state index in [2.05, 4.69) is 66.2 Å². The Morgan fingerprint density at radius 1 is 0.652 bits per heavy atom. The Morgan fingerprint density at radius 3 is 1.46 bits per heavy atom. The predicted molar refractivity (Wildman–Crippen MR) is 188 cm³/mol. The number of carbonyl (C=O) groups is 1. The van der Waals surface area contributed by atoms with E-state index in [1.54, 1.807) is 6.33 Å². The van der Waals surface area contributed by atoms with Crippen LogP contribution in [0.4, 0.5) is 0 Å². The lowest BCUT2D eigenvalue weighted by Crippen LogP contribution is -2.39. The summed E-state index contributed by atoms with van der Waals surface area (Å²) in [5, 5.41) is 29.1. The number of piperidine rings is 1. The lowest BCUT2D eigenvalue weighted by molar-refractivity contribution is -0.119. The van der Waals surface area contributed by atoms with Gasteiger partial charge in [-0.05, 0) is 137 Å². The Labute approximate surface area is 279 Å². The molecule has 8 heterocycles. The SMILES string of the molecule is C1CCNC1.C1CCNCC1.C1COCCN1.C[C@@H]1CCCN1.C[C@@H]1CCN1.NC(=O)[C@@H]1CCCN1.c1n[nH]c([C@@H]2CCCN2)n1. The van der Waals surface area contributed by atoms with Gasteiger partial charge in [-0.2, -0.15) is 5.10 Å². The summed E-state index contributed by atoms with van der Waals surface area (Å²) >= 11 is 0. The molecule has 7 saturated heterocycles. The van der Waals surface area contributed by atoms with E-state index in [4.69, 9.17) is 10.5 Å². The Kier molecular flexibility index (Phi) is 24.9. The maximum Gasteiger partial charge on any atom is 0.234 e. The fourth-order valence-electron chi connectivity index (χ4n) is 5.46. The van der Waals surface area contributed by atoms with Gasteiger partial charge >= 0.3 is 0 Å². The highest BCUT2D eigenvalue weighted by Crippen LogP contribution is 2.18. The molecule has 8 rings (SSSR count). The van der Waals surface area contributed by atoms with Gasteiger partial charge in [0.1, 0.15) is 12.2 Å². The molecule has 0 spiro atoms. The van der Waals surface area contributed by atoms with Crippen LogP contribution in [0.1, 0.15) is 103 Å². The molecular weight excluding hydrogens is 582 g/mol. The lowest BCUT2D eigenvalue weighted by atomic mass is 10.1. The number of morpholine rings is 1. The van der Waals surface area contributed by atoms with Gasteiger partial charge < -0.3 is 47.7 Å². The molecule has 1 aromatic heterocycles. The normalized spacial score (nSPS) is 27.8. The Morgan fingerprint density at radius 2 is 1.20 bits per heavy atom. The number of carbonyl (C=O) groups excluding carboxylic acids is 1. The van der Waals surface area contributed by atoms with Gasteiger partial charge in [-0.3, -0.25) is 9.89 Å². The van der Waals surface area contributed by atoms with Crippen molar-refractivity contribution in [2.45, 2.75) is 115 Å². The van der Waals surface area contributed by atoms with Crippen molar-refractivity contribution in [2.24, 2.45) is 5.73 Å². The summed E-state index contributed by atoms with van der Waals surface area (Å²) in [6.07, 6.45) is 17.1. The number of aromatic nitrogens is 3. The van der Waals surface area contributed by atoms with Crippen molar-refractivity contribution in [3.63, 3.8) is 0 Å². The van der Waals surface area contributed by atoms with Gasteiger partial charge in [-0.15, -0.1) is 0 Å². The van der Waals surface area contributed by atoms with E-state index < -0.39 is 0 Å². The molecule has 1 aromatic rings. The Bertz CT molecular complexity index is 741. The summed E-state index contributed by atoms with van der Waals surface area (Å²) in [5.41, 5.74) is 5.00.